The molecule has 5 nitrogen and oxygen atoms in total. The first-order valence-corrected chi connectivity index (χ1v) is 11.8. The normalized spacial score (nSPS) is 15.1. The number of amides is 1. The van der Waals surface area contributed by atoms with Gasteiger partial charge in [-0.2, -0.15) is 0 Å². The molecule has 0 bridgehead atoms. The number of aryl methyl sites for hydroxylation is 1. The van der Waals surface area contributed by atoms with Gasteiger partial charge in [0.15, 0.2) is 0 Å². The monoisotopic (exact) mass is 430 g/mol. The summed E-state index contributed by atoms with van der Waals surface area (Å²) in [5, 5.41) is 2.99. The molecule has 168 valence electrons. The van der Waals surface area contributed by atoms with Crippen LogP contribution in [-0.2, 0) is 30.8 Å². The van der Waals surface area contributed by atoms with E-state index in [1.54, 1.807) is 6.33 Å². The lowest BCUT2D eigenvalue weighted by Crippen LogP contribution is -2.32. The van der Waals surface area contributed by atoms with Crippen molar-refractivity contribution < 1.29 is 4.79 Å². The third kappa shape index (κ3) is 6.07. The molecule has 0 atom stereocenters. The Morgan fingerprint density at radius 1 is 1.00 bits per heavy atom. The number of aromatic nitrogens is 2. The minimum atomic E-state index is -0.0142. The number of carbonyl (C=O) groups excluding carboxylic acids is 1. The summed E-state index contributed by atoms with van der Waals surface area (Å²) < 4.78 is 1.84. The van der Waals surface area contributed by atoms with E-state index in [1.165, 1.54) is 37.1 Å². The number of rotatable bonds is 8. The Morgan fingerprint density at radius 3 is 2.34 bits per heavy atom. The van der Waals surface area contributed by atoms with Crippen LogP contribution in [0.1, 0.15) is 43.4 Å². The molecule has 32 heavy (non-hydrogen) atoms. The van der Waals surface area contributed by atoms with Gasteiger partial charge in [0.05, 0.1) is 12.0 Å². The van der Waals surface area contributed by atoms with E-state index < -0.39 is 0 Å². The third-order valence-electron chi connectivity index (χ3n) is 6.41. The van der Waals surface area contributed by atoms with Crippen LogP contribution in [0.15, 0.2) is 61.1 Å². The number of nitrogens with one attached hydrogen (secondary N) is 1. The van der Waals surface area contributed by atoms with Crippen LogP contribution in [0.25, 0.3) is 11.3 Å². The van der Waals surface area contributed by atoms with Gasteiger partial charge < -0.3 is 9.88 Å². The molecule has 3 aromatic rings. The number of likely N-dealkylation sites (tertiary alicyclic amines) is 1. The molecule has 1 aliphatic rings. The molecular formula is C27H34N4O. The summed E-state index contributed by atoms with van der Waals surface area (Å²) in [6, 6.07) is 17.0. The maximum atomic E-state index is 12.3. The van der Waals surface area contributed by atoms with Crippen LogP contribution in [0.5, 0.6) is 0 Å². The fourth-order valence-electron chi connectivity index (χ4n) is 4.17. The van der Waals surface area contributed by atoms with Crippen LogP contribution in [-0.4, -0.2) is 33.4 Å². The largest absolute Gasteiger partial charge is 0.350 e. The average Bonchev–Trinajstić information content (AvgIpc) is 3.28. The SMILES string of the molecule is CCc1ccc(CNC(=O)Cn2cnc(-c3ccc(CN4CCC(C)CC4)cc3)c2)cc1. The zero-order chi connectivity index (χ0) is 22.3. The zero-order valence-corrected chi connectivity index (χ0v) is 19.3. The number of carbonyl (C=O) groups is 1. The van der Waals surface area contributed by atoms with Gasteiger partial charge in [-0.05, 0) is 55.0 Å². The molecule has 0 aliphatic carbocycles. The van der Waals surface area contributed by atoms with E-state index in [2.05, 4.69) is 77.6 Å². The van der Waals surface area contributed by atoms with Crippen LogP contribution in [0.2, 0.25) is 0 Å². The molecule has 2 aromatic carbocycles. The van der Waals surface area contributed by atoms with E-state index in [1.807, 2.05) is 10.8 Å². The van der Waals surface area contributed by atoms with Crippen molar-refractivity contribution in [2.45, 2.75) is 52.7 Å². The van der Waals surface area contributed by atoms with Crippen molar-refractivity contribution in [1.82, 2.24) is 19.8 Å². The second-order valence-corrected chi connectivity index (χ2v) is 9.03. The van der Waals surface area contributed by atoms with E-state index in [-0.39, 0.29) is 12.5 Å². The summed E-state index contributed by atoms with van der Waals surface area (Å²) in [5.41, 5.74) is 5.73. The summed E-state index contributed by atoms with van der Waals surface area (Å²) >= 11 is 0. The number of nitrogens with zero attached hydrogens (tertiary/aromatic N) is 3. The number of hydrogen-bond acceptors (Lipinski definition) is 3. The van der Waals surface area contributed by atoms with Crippen LogP contribution >= 0.6 is 0 Å². The maximum absolute atomic E-state index is 12.3. The summed E-state index contributed by atoms with van der Waals surface area (Å²) in [6.45, 7) is 8.70. The highest BCUT2D eigenvalue weighted by Gasteiger charge is 2.15. The van der Waals surface area contributed by atoms with Crippen molar-refractivity contribution in [3.63, 3.8) is 0 Å². The quantitative estimate of drug-likeness (QED) is 0.565. The molecule has 1 fully saturated rings. The molecule has 1 N–H and O–H groups in total. The van der Waals surface area contributed by atoms with Gasteiger partial charge in [-0.1, -0.05) is 62.4 Å². The van der Waals surface area contributed by atoms with E-state index in [0.717, 1.165) is 35.7 Å². The first kappa shape index (κ1) is 22.3. The molecule has 2 heterocycles. The minimum Gasteiger partial charge on any atom is -0.350 e. The van der Waals surface area contributed by atoms with E-state index in [9.17, 15) is 4.79 Å². The second kappa shape index (κ2) is 10.6. The fraction of sp³-hybridized carbons (Fsp3) is 0.407. The smallest absolute Gasteiger partial charge is 0.240 e. The van der Waals surface area contributed by atoms with Crippen LogP contribution < -0.4 is 5.32 Å². The van der Waals surface area contributed by atoms with E-state index in [0.29, 0.717) is 6.54 Å². The molecule has 4 rings (SSSR count). The minimum absolute atomic E-state index is 0.0142. The Bertz CT molecular complexity index is 999. The molecule has 5 heteroatoms. The van der Waals surface area contributed by atoms with Gasteiger partial charge in [0.1, 0.15) is 6.54 Å². The Hall–Kier alpha value is -2.92. The Labute approximate surface area is 191 Å². The first-order valence-electron chi connectivity index (χ1n) is 11.8. The molecule has 0 radical (unpaired) electrons. The molecule has 1 aromatic heterocycles. The molecule has 1 aliphatic heterocycles. The fourth-order valence-corrected chi connectivity index (χ4v) is 4.17. The molecule has 1 saturated heterocycles. The van der Waals surface area contributed by atoms with Crippen molar-refractivity contribution in [2.24, 2.45) is 5.92 Å². The molecule has 0 unspecified atom stereocenters. The predicted octanol–water partition coefficient (Wildman–Crippen LogP) is 4.66. The summed E-state index contributed by atoms with van der Waals surface area (Å²) in [4.78, 5) is 19.4. The van der Waals surface area contributed by atoms with Gasteiger partial charge in [0, 0.05) is 24.8 Å². The topological polar surface area (TPSA) is 50.2 Å². The highest BCUT2D eigenvalue weighted by molar-refractivity contribution is 5.75. The Morgan fingerprint density at radius 2 is 1.66 bits per heavy atom. The predicted molar refractivity (Wildman–Crippen MR) is 129 cm³/mol. The van der Waals surface area contributed by atoms with Gasteiger partial charge in [-0.15, -0.1) is 0 Å². The van der Waals surface area contributed by atoms with Crippen molar-refractivity contribution >= 4 is 5.91 Å². The second-order valence-electron chi connectivity index (χ2n) is 9.03. The number of piperidine rings is 1. The van der Waals surface area contributed by atoms with Crippen molar-refractivity contribution in [3.8, 4) is 11.3 Å². The van der Waals surface area contributed by atoms with Gasteiger partial charge in [0.25, 0.3) is 0 Å². The van der Waals surface area contributed by atoms with Gasteiger partial charge in [0.2, 0.25) is 5.91 Å². The highest BCUT2D eigenvalue weighted by atomic mass is 16.1. The van der Waals surface area contributed by atoms with Crippen LogP contribution in [0, 0.1) is 5.92 Å². The van der Waals surface area contributed by atoms with Crippen molar-refractivity contribution in [3.05, 3.63) is 77.7 Å². The molecule has 0 saturated carbocycles. The average molecular weight is 431 g/mol. The van der Waals surface area contributed by atoms with Crippen LogP contribution in [0.3, 0.4) is 0 Å². The zero-order valence-electron chi connectivity index (χ0n) is 19.3. The van der Waals surface area contributed by atoms with Crippen molar-refractivity contribution in [2.75, 3.05) is 13.1 Å². The lowest BCUT2D eigenvalue weighted by molar-refractivity contribution is -0.121. The number of imidazole rings is 1. The van der Waals surface area contributed by atoms with Crippen molar-refractivity contribution in [1.29, 1.82) is 0 Å². The van der Waals surface area contributed by atoms with E-state index in [4.69, 9.17) is 0 Å². The third-order valence-corrected chi connectivity index (χ3v) is 6.41. The standard InChI is InChI=1S/C27H34N4O/c1-3-22-4-6-23(7-5-22)16-28-27(32)19-31-18-26(29-20-31)25-10-8-24(9-11-25)17-30-14-12-21(2)13-15-30/h4-11,18,20-21H,3,12-17,19H2,1-2H3,(H,28,32). The maximum Gasteiger partial charge on any atom is 0.240 e. The molecular weight excluding hydrogens is 396 g/mol. The lowest BCUT2D eigenvalue weighted by Gasteiger charge is -2.30. The number of benzene rings is 2. The summed E-state index contributed by atoms with van der Waals surface area (Å²) in [6.07, 6.45) is 7.29. The van der Waals surface area contributed by atoms with Gasteiger partial charge in [-0.25, -0.2) is 4.98 Å². The van der Waals surface area contributed by atoms with E-state index >= 15 is 0 Å². The summed E-state index contributed by atoms with van der Waals surface area (Å²) in [5.74, 6) is 0.845. The van der Waals surface area contributed by atoms with Gasteiger partial charge >= 0.3 is 0 Å². The molecule has 0 spiro atoms. The summed E-state index contributed by atoms with van der Waals surface area (Å²) in [7, 11) is 0. The number of hydrogen-bond donors (Lipinski definition) is 1. The Balaban J connectivity index is 1.27. The first-order chi connectivity index (χ1) is 15.6. The molecule has 1 amide bonds. The highest BCUT2D eigenvalue weighted by Crippen LogP contribution is 2.21. The van der Waals surface area contributed by atoms with Gasteiger partial charge in [-0.3, -0.25) is 9.69 Å². The van der Waals surface area contributed by atoms with Crippen LogP contribution in [0.4, 0.5) is 0 Å². The Kier molecular flexibility index (Phi) is 7.38. The lowest BCUT2D eigenvalue weighted by atomic mass is 9.99.